The van der Waals surface area contributed by atoms with Gasteiger partial charge in [0.05, 0.1) is 10.3 Å². The lowest BCUT2D eigenvalue weighted by molar-refractivity contribution is -0.130. The lowest BCUT2D eigenvalue weighted by atomic mass is 9.85. The number of nitrogens with two attached hydrogens (primary N) is 2. The number of amides is 1. The molecule has 1 aliphatic carbocycles. The second-order valence-corrected chi connectivity index (χ2v) is 7.45. The molecule has 5 N–H and O–H groups in total. The summed E-state index contributed by atoms with van der Waals surface area (Å²) in [5, 5.41) is 8.00. The minimum atomic E-state index is -3.66. The molecule has 1 saturated carbocycles. The fraction of sp³-hybridized carbons (Fsp3) is 0.533. The average Bonchev–Trinajstić information content (AvgIpc) is 2.97. The highest BCUT2D eigenvalue weighted by Gasteiger charge is 2.39. The van der Waals surface area contributed by atoms with Crippen LogP contribution in [-0.2, 0) is 21.2 Å². The zero-order valence-electron chi connectivity index (χ0n) is 12.5. The number of sulfonamides is 1. The number of carbonyl (C=O) groups excluding carboxylic acids is 1. The van der Waals surface area contributed by atoms with E-state index in [1.54, 1.807) is 12.1 Å². The lowest BCUT2D eigenvalue weighted by Crippen LogP contribution is -2.44. The van der Waals surface area contributed by atoms with E-state index in [0.29, 0.717) is 19.5 Å². The monoisotopic (exact) mass is 325 g/mol. The number of benzene rings is 1. The standard InChI is InChI=1S/C15H23N3O3S/c16-11-15(8-1-2-9-15)14(19)18-10-7-12-3-5-13(6-4-12)22(17,20)21/h3-6H,1-2,7-11,16H2,(H,18,19)(H2,17,20,21). The Labute approximate surface area is 131 Å². The number of carbonyl (C=O) groups is 1. The van der Waals surface area contributed by atoms with Crippen LogP contribution in [0.5, 0.6) is 0 Å². The highest BCUT2D eigenvalue weighted by molar-refractivity contribution is 7.89. The van der Waals surface area contributed by atoms with E-state index in [1.807, 2.05) is 0 Å². The van der Waals surface area contributed by atoms with Crippen LogP contribution in [0.4, 0.5) is 0 Å². The van der Waals surface area contributed by atoms with E-state index in [1.165, 1.54) is 12.1 Å². The highest BCUT2D eigenvalue weighted by atomic mass is 32.2. The maximum absolute atomic E-state index is 12.3. The van der Waals surface area contributed by atoms with Gasteiger partial charge in [0.15, 0.2) is 0 Å². The maximum Gasteiger partial charge on any atom is 0.238 e. The SMILES string of the molecule is NCC1(C(=O)NCCc2ccc(S(N)(=O)=O)cc2)CCCC1. The Kier molecular flexibility index (Phi) is 5.20. The van der Waals surface area contributed by atoms with Gasteiger partial charge in [-0.15, -0.1) is 0 Å². The van der Waals surface area contributed by atoms with E-state index in [4.69, 9.17) is 10.9 Å². The van der Waals surface area contributed by atoms with E-state index in [9.17, 15) is 13.2 Å². The van der Waals surface area contributed by atoms with Crippen LogP contribution < -0.4 is 16.2 Å². The van der Waals surface area contributed by atoms with Gasteiger partial charge >= 0.3 is 0 Å². The van der Waals surface area contributed by atoms with Gasteiger partial charge < -0.3 is 11.1 Å². The van der Waals surface area contributed by atoms with E-state index in [0.717, 1.165) is 31.2 Å². The van der Waals surface area contributed by atoms with Crippen molar-refractivity contribution in [1.29, 1.82) is 0 Å². The summed E-state index contributed by atoms with van der Waals surface area (Å²) < 4.78 is 22.3. The predicted molar refractivity (Wildman–Crippen MR) is 84.5 cm³/mol. The summed E-state index contributed by atoms with van der Waals surface area (Å²) in [4.78, 5) is 12.4. The molecule has 1 amide bonds. The van der Waals surface area contributed by atoms with Crippen molar-refractivity contribution in [2.75, 3.05) is 13.1 Å². The van der Waals surface area contributed by atoms with Crippen molar-refractivity contribution < 1.29 is 13.2 Å². The molecule has 22 heavy (non-hydrogen) atoms. The van der Waals surface area contributed by atoms with Crippen molar-refractivity contribution in [1.82, 2.24) is 5.32 Å². The molecule has 0 spiro atoms. The normalized spacial score (nSPS) is 17.4. The molecule has 0 unspecified atom stereocenters. The summed E-state index contributed by atoms with van der Waals surface area (Å²) >= 11 is 0. The molecular weight excluding hydrogens is 302 g/mol. The quantitative estimate of drug-likeness (QED) is 0.707. The van der Waals surface area contributed by atoms with Crippen LogP contribution >= 0.6 is 0 Å². The average molecular weight is 325 g/mol. The number of nitrogens with one attached hydrogen (secondary N) is 1. The molecule has 0 aliphatic heterocycles. The molecule has 0 atom stereocenters. The smallest absolute Gasteiger partial charge is 0.238 e. The van der Waals surface area contributed by atoms with Gasteiger partial charge in [-0.25, -0.2) is 13.6 Å². The van der Waals surface area contributed by atoms with Crippen molar-refractivity contribution in [2.24, 2.45) is 16.3 Å². The van der Waals surface area contributed by atoms with Crippen LogP contribution in [0.25, 0.3) is 0 Å². The summed E-state index contributed by atoms with van der Waals surface area (Å²) in [6.07, 6.45) is 4.47. The first-order valence-electron chi connectivity index (χ1n) is 7.47. The van der Waals surface area contributed by atoms with E-state index in [2.05, 4.69) is 5.32 Å². The van der Waals surface area contributed by atoms with Gasteiger partial charge in [-0.1, -0.05) is 25.0 Å². The Hall–Kier alpha value is -1.44. The first-order chi connectivity index (χ1) is 10.4. The van der Waals surface area contributed by atoms with Gasteiger partial charge in [-0.05, 0) is 37.0 Å². The third-order valence-electron chi connectivity index (χ3n) is 4.38. The number of rotatable bonds is 6. The molecule has 1 aromatic rings. The maximum atomic E-state index is 12.3. The Morgan fingerprint density at radius 3 is 2.27 bits per heavy atom. The Morgan fingerprint density at radius 1 is 1.18 bits per heavy atom. The van der Waals surface area contributed by atoms with Crippen molar-refractivity contribution in [3.63, 3.8) is 0 Å². The van der Waals surface area contributed by atoms with E-state index < -0.39 is 15.4 Å². The minimum absolute atomic E-state index is 0.0358. The molecule has 0 saturated heterocycles. The van der Waals surface area contributed by atoms with Crippen LogP contribution in [0, 0.1) is 5.41 Å². The fourth-order valence-electron chi connectivity index (χ4n) is 2.93. The molecule has 0 radical (unpaired) electrons. The third kappa shape index (κ3) is 3.85. The van der Waals surface area contributed by atoms with Crippen LogP contribution in [0.15, 0.2) is 29.2 Å². The zero-order valence-corrected chi connectivity index (χ0v) is 13.4. The molecule has 1 aliphatic rings. The summed E-state index contributed by atoms with van der Waals surface area (Å²) in [5.74, 6) is 0.0358. The van der Waals surface area contributed by atoms with Gasteiger partial charge in [0.25, 0.3) is 0 Å². The third-order valence-corrected chi connectivity index (χ3v) is 5.31. The van der Waals surface area contributed by atoms with Crippen molar-refractivity contribution in [2.45, 2.75) is 37.0 Å². The fourth-order valence-corrected chi connectivity index (χ4v) is 3.44. The lowest BCUT2D eigenvalue weighted by Gasteiger charge is -2.25. The summed E-state index contributed by atoms with van der Waals surface area (Å²) in [6.45, 7) is 0.900. The van der Waals surface area contributed by atoms with Crippen molar-refractivity contribution in [3.05, 3.63) is 29.8 Å². The summed E-state index contributed by atoms with van der Waals surface area (Å²) in [5.41, 5.74) is 6.33. The van der Waals surface area contributed by atoms with Gasteiger partial charge in [0.2, 0.25) is 15.9 Å². The largest absolute Gasteiger partial charge is 0.355 e. The van der Waals surface area contributed by atoms with Crippen molar-refractivity contribution >= 4 is 15.9 Å². The molecule has 0 aromatic heterocycles. The highest BCUT2D eigenvalue weighted by Crippen LogP contribution is 2.37. The van der Waals surface area contributed by atoms with E-state index in [-0.39, 0.29) is 10.8 Å². The molecular formula is C15H23N3O3S. The summed E-state index contributed by atoms with van der Waals surface area (Å²) in [6, 6.07) is 6.37. The van der Waals surface area contributed by atoms with Crippen LogP contribution in [-0.4, -0.2) is 27.4 Å². The van der Waals surface area contributed by atoms with Gasteiger partial charge in [-0.2, -0.15) is 0 Å². The van der Waals surface area contributed by atoms with Crippen LogP contribution in [0.1, 0.15) is 31.2 Å². The second-order valence-electron chi connectivity index (χ2n) is 5.89. The number of hydrogen-bond acceptors (Lipinski definition) is 4. The number of hydrogen-bond donors (Lipinski definition) is 3. The molecule has 2 rings (SSSR count). The zero-order chi connectivity index (χ0) is 16.2. The molecule has 122 valence electrons. The first-order valence-corrected chi connectivity index (χ1v) is 9.02. The second kappa shape index (κ2) is 6.76. The van der Waals surface area contributed by atoms with Gasteiger partial charge in [-0.3, -0.25) is 4.79 Å². The Balaban J connectivity index is 1.87. The van der Waals surface area contributed by atoms with E-state index >= 15 is 0 Å². The van der Waals surface area contributed by atoms with Crippen LogP contribution in [0.3, 0.4) is 0 Å². The van der Waals surface area contributed by atoms with Gasteiger partial charge in [0.1, 0.15) is 0 Å². The summed E-state index contributed by atoms with van der Waals surface area (Å²) in [7, 11) is -3.66. The predicted octanol–water partition coefficient (Wildman–Crippen LogP) is 0.512. The topological polar surface area (TPSA) is 115 Å². The Morgan fingerprint density at radius 2 is 1.77 bits per heavy atom. The minimum Gasteiger partial charge on any atom is -0.355 e. The van der Waals surface area contributed by atoms with Gasteiger partial charge in [0, 0.05) is 13.1 Å². The first kappa shape index (κ1) is 16.9. The molecule has 0 bridgehead atoms. The molecule has 0 heterocycles. The Bertz CT molecular complexity index is 620. The number of primary sulfonamides is 1. The molecule has 7 heteroatoms. The van der Waals surface area contributed by atoms with Crippen molar-refractivity contribution in [3.8, 4) is 0 Å². The molecule has 6 nitrogen and oxygen atoms in total. The molecule has 1 aromatic carbocycles. The molecule has 1 fully saturated rings. The van der Waals surface area contributed by atoms with Crippen LogP contribution in [0.2, 0.25) is 0 Å².